The van der Waals surface area contributed by atoms with Gasteiger partial charge >= 0.3 is 0 Å². The Hall–Kier alpha value is -0.820. The topological polar surface area (TPSA) is 73.8 Å². The van der Waals surface area contributed by atoms with E-state index in [-0.39, 0.29) is 6.04 Å². The van der Waals surface area contributed by atoms with Crippen molar-refractivity contribution in [3.05, 3.63) is 0 Å². The Morgan fingerprint density at radius 3 is 2.35 bits per heavy atom. The van der Waals surface area contributed by atoms with E-state index < -0.39 is 10.0 Å². The number of guanidine groups is 1. The molecule has 0 fully saturated rings. The minimum absolute atomic E-state index is 0.00591. The number of hydrogen-bond acceptors (Lipinski definition) is 3. The van der Waals surface area contributed by atoms with Crippen LogP contribution in [-0.2, 0) is 10.0 Å². The number of nitrogens with zero attached hydrogens (tertiary/aromatic N) is 2. The minimum Gasteiger partial charge on any atom is -0.359 e. The third-order valence-corrected chi connectivity index (χ3v) is 3.77. The maximum Gasteiger partial charge on any atom is 0.211 e. The van der Waals surface area contributed by atoms with Gasteiger partial charge in [0, 0.05) is 33.2 Å². The molecule has 6 nitrogen and oxygen atoms in total. The van der Waals surface area contributed by atoms with Gasteiger partial charge in [0.05, 0.1) is 6.26 Å². The van der Waals surface area contributed by atoms with Crippen molar-refractivity contribution in [2.24, 2.45) is 4.99 Å². The van der Waals surface area contributed by atoms with Crippen LogP contribution in [0.1, 0.15) is 20.3 Å². The van der Waals surface area contributed by atoms with Gasteiger partial charge in [-0.3, -0.25) is 4.99 Å². The molecule has 0 aliphatic rings. The van der Waals surface area contributed by atoms with E-state index in [1.54, 1.807) is 14.1 Å². The lowest BCUT2D eigenvalue weighted by Gasteiger charge is -2.23. The van der Waals surface area contributed by atoms with Crippen LogP contribution >= 0.6 is 0 Å². The van der Waals surface area contributed by atoms with E-state index in [0.29, 0.717) is 19.0 Å². The van der Waals surface area contributed by atoms with Crippen LogP contribution in [0.5, 0.6) is 0 Å². The van der Waals surface area contributed by atoms with E-state index in [9.17, 15) is 8.42 Å². The molecule has 0 radical (unpaired) electrons. The molecule has 0 spiro atoms. The van der Waals surface area contributed by atoms with Gasteiger partial charge in [0.1, 0.15) is 0 Å². The molecule has 0 saturated carbocycles. The number of rotatable bonds is 6. The highest BCUT2D eigenvalue weighted by Crippen LogP contribution is 2.05. The van der Waals surface area contributed by atoms with Crippen LogP contribution < -0.4 is 10.6 Å². The monoisotopic (exact) mass is 264 g/mol. The van der Waals surface area contributed by atoms with Crippen molar-refractivity contribution in [2.75, 3.05) is 33.4 Å². The molecular weight excluding hydrogens is 240 g/mol. The quantitative estimate of drug-likeness (QED) is 0.397. The predicted octanol–water partition coefficient (Wildman–Crippen LogP) is -0.159. The lowest BCUT2D eigenvalue weighted by molar-refractivity contribution is 0.352. The lowest BCUT2D eigenvalue weighted by Crippen LogP contribution is -2.40. The van der Waals surface area contributed by atoms with Gasteiger partial charge in [0.15, 0.2) is 5.96 Å². The van der Waals surface area contributed by atoms with Crippen LogP contribution in [0, 0.1) is 0 Å². The first kappa shape index (κ1) is 16.2. The fourth-order valence-corrected chi connectivity index (χ4v) is 2.75. The van der Waals surface area contributed by atoms with Crippen molar-refractivity contribution >= 4 is 16.0 Å². The second-order valence-electron chi connectivity index (χ2n) is 4.07. The number of nitrogens with one attached hydrogen (secondary N) is 2. The first-order chi connectivity index (χ1) is 7.82. The van der Waals surface area contributed by atoms with Crippen molar-refractivity contribution in [1.82, 2.24) is 14.9 Å². The second kappa shape index (κ2) is 7.50. The molecular formula is C10H24N4O2S. The van der Waals surface area contributed by atoms with Gasteiger partial charge < -0.3 is 10.6 Å². The molecule has 0 aromatic carbocycles. The summed E-state index contributed by atoms with van der Waals surface area (Å²) in [5.74, 6) is 0.709. The zero-order valence-electron chi connectivity index (χ0n) is 11.3. The van der Waals surface area contributed by atoms with Crippen LogP contribution in [0.4, 0.5) is 0 Å². The predicted molar refractivity (Wildman–Crippen MR) is 71.7 cm³/mol. The molecule has 0 amide bonds. The minimum atomic E-state index is -3.12. The summed E-state index contributed by atoms with van der Waals surface area (Å²) in [5, 5.41) is 5.98. The maximum atomic E-state index is 11.5. The standard InChI is InChI=1S/C10H24N4O2S/c1-9(2)14(17(5,15)16)8-6-7-13-10(11-3)12-4/h9H,6-8H2,1-5H3,(H2,11,12,13). The second-order valence-corrected chi connectivity index (χ2v) is 6.01. The van der Waals surface area contributed by atoms with Gasteiger partial charge in [-0.1, -0.05) is 0 Å². The highest BCUT2D eigenvalue weighted by molar-refractivity contribution is 7.88. The van der Waals surface area contributed by atoms with Crippen molar-refractivity contribution in [3.63, 3.8) is 0 Å². The molecule has 0 aliphatic heterocycles. The van der Waals surface area contributed by atoms with Crippen molar-refractivity contribution < 1.29 is 8.42 Å². The van der Waals surface area contributed by atoms with Crippen molar-refractivity contribution in [1.29, 1.82) is 0 Å². The summed E-state index contributed by atoms with van der Waals surface area (Å²) >= 11 is 0. The fourth-order valence-electron chi connectivity index (χ4n) is 1.53. The fraction of sp³-hybridized carbons (Fsp3) is 0.900. The summed E-state index contributed by atoms with van der Waals surface area (Å²) in [7, 11) is 0.358. The molecule has 0 bridgehead atoms. The van der Waals surface area contributed by atoms with E-state index in [1.807, 2.05) is 13.8 Å². The molecule has 2 N–H and O–H groups in total. The maximum absolute atomic E-state index is 11.5. The number of aliphatic imine (C=N–C) groups is 1. The Balaban J connectivity index is 4.10. The summed E-state index contributed by atoms with van der Waals surface area (Å²) < 4.78 is 24.5. The lowest BCUT2D eigenvalue weighted by atomic mass is 10.3. The molecule has 0 aromatic rings. The summed E-state index contributed by atoms with van der Waals surface area (Å²) in [4.78, 5) is 3.97. The Labute approximate surface area is 105 Å². The normalized spacial score (nSPS) is 13.2. The molecule has 0 rings (SSSR count). The summed E-state index contributed by atoms with van der Waals surface area (Å²) in [6.45, 7) is 4.96. The summed E-state index contributed by atoms with van der Waals surface area (Å²) in [5.41, 5.74) is 0. The van der Waals surface area contributed by atoms with Crippen molar-refractivity contribution in [2.45, 2.75) is 26.3 Å². The van der Waals surface area contributed by atoms with Crippen molar-refractivity contribution in [3.8, 4) is 0 Å². The molecule has 7 heteroatoms. The zero-order valence-corrected chi connectivity index (χ0v) is 12.1. The first-order valence-electron chi connectivity index (χ1n) is 5.68. The molecule has 0 aliphatic carbocycles. The third-order valence-electron chi connectivity index (χ3n) is 2.31. The third kappa shape index (κ3) is 6.48. The smallest absolute Gasteiger partial charge is 0.211 e. The molecule has 102 valence electrons. The average Bonchev–Trinajstić information content (AvgIpc) is 2.21. The highest BCUT2D eigenvalue weighted by Gasteiger charge is 2.18. The molecule has 0 aromatic heterocycles. The largest absolute Gasteiger partial charge is 0.359 e. The first-order valence-corrected chi connectivity index (χ1v) is 7.53. The van der Waals surface area contributed by atoms with Crippen LogP contribution in [0.15, 0.2) is 4.99 Å². The van der Waals surface area contributed by atoms with Gasteiger partial charge in [0.2, 0.25) is 10.0 Å². The Morgan fingerprint density at radius 2 is 2.00 bits per heavy atom. The summed E-state index contributed by atoms with van der Waals surface area (Å²) in [6, 6.07) is -0.00591. The average molecular weight is 264 g/mol. The number of sulfonamides is 1. The molecule has 17 heavy (non-hydrogen) atoms. The molecule has 0 heterocycles. The van der Waals surface area contributed by atoms with Crippen LogP contribution in [0.2, 0.25) is 0 Å². The van der Waals surface area contributed by atoms with Crippen LogP contribution in [-0.4, -0.2) is 58.2 Å². The van der Waals surface area contributed by atoms with Gasteiger partial charge in [-0.15, -0.1) is 0 Å². The van der Waals surface area contributed by atoms with Gasteiger partial charge in [0.25, 0.3) is 0 Å². The van der Waals surface area contributed by atoms with Gasteiger partial charge in [-0.2, -0.15) is 4.31 Å². The highest BCUT2D eigenvalue weighted by atomic mass is 32.2. The van der Waals surface area contributed by atoms with Crippen LogP contribution in [0.3, 0.4) is 0 Å². The van der Waals surface area contributed by atoms with E-state index in [1.165, 1.54) is 10.6 Å². The summed E-state index contributed by atoms with van der Waals surface area (Å²) in [6.07, 6.45) is 1.99. The van der Waals surface area contributed by atoms with Gasteiger partial charge in [-0.05, 0) is 20.3 Å². The Kier molecular flexibility index (Phi) is 7.13. The zero-order chi connectivity index (χ0) is 13.5. The van der Waals surface area contributed by atoms with Crippen LogP contribution in [0.25, 0.3) is 0 Å². The number of hydrogen-bond donors (Lipinski definition) is 2. The Morgan fingerprint density at radius 1 is 1.41 bits per heavy atom. The van der Waals surface area contributed by atoms with E-state index in [0.717, 1.165) is 6.42 Å². The molecule has 0 unspecified atom stereocenters. The van der Waals surface area contributed by atoms with E-state index in [2.05, 4.69) is 15.6 Å². The van der Waals surface area contributed by atoms with E-state index >= 15 is 0 Å². The van der Waals surface area contributed by atoms with E-state index in [4.69, 9.17) is 0 Å². The Bertz CT molecular complexity index is 338. The SMILES string of the molecule is CN=C(NC)NCCCN(C(C)C)S(C)(=O)=O. The van der Waals surface area contributed by atoms with Gasteiger partial charge in [-0.25, -0.2) is 8.42 Å². The molecule has 0 atom stereocenters. The molecule has 0 saturated heterocycles.